The number of halogens is 2. The minimum absolute atomic E-state index is 0.0960. The lowest BCUT2D eigenvalue weighted by atomic mass is 10.0. The number of amides is 2. The van der Waals surface area contributed by atoms with Crippen LogP contribution in [0.15, 0.2) is 35.4 Å². The minimum atomic E-state index is -0.898. The topological polar surface area (TPSA) is 161 Å². The van der Waals surface area contributed by atoms with Crippen molar-refractivity contribution in [3.05, 3.63) is 56.6 Å². The number of carbonyl (C=O) groups is 2. The summed E-state index contributed by atoms with van der Waals surface area (Å²) in [5, 5.41) is 13.4. The van der Waals surface area contributed by atoms with Gasteiger partial charge in [-0.05, 0) is 24.6 Å². The van der Waals surface area contributed by atoms with Gasteiger partial charge in [0.2, 0.25) is 11.9 Å². The highest BCUT2D eigenvalue weighted by atomic mass is 35.5. The van der Waals surface area contributed by atoms with Crippen LogP contribution in [0.2, 0.25) is 10.0 Å². The molecular weight excluding hydrogens is 599 g/mol. The van der Waals surface area contributed by atoms with E-state index in [9.17, 15) is 19.5 Å². The van der Waals surface area contributed by atoms with E-state index in [4.69, 9.17) is 33.7 Å². The summed E-state index contributed by atoms with van der Waals surface area (Å²) in [6, 6.07) is 4.56. The number of nitrogens with two attached hydrogens (primary N) is 1. The highest BCUT2D eigenvalue weighted by Gasteiger charge is 2.24. The lowest BCUT2D eigenvalue weighted by molar-refractivity contribution is -0.116. The predicted octanol–water partition coefficient (Wildman–Crippen LogP) is 2.84. The number of rotatable bonds is 7. The van der Waals surface area contributed by atoms with E-state index >= 15 is 0 Å². The van der Waals surface area contributed by atoms with Gasteiger partial charge in [-0.1, -0.05) is 23.2 Å². The van der Waals surface area contributed by atoms with E-state index < -0.39 is 23.1 Å². The Labute approximate surface area is 256 Å². The van der Waals surface area contributed by atoms with Gasteiger partial charge in [0.15, 0.2) is 5.65 Å². The van der Waals surface area contributed by atoms with Crippen LogP contribution in [-0.4, -0.2) is 75.9 Å². The number of ether oxygens (including phenoxy) is 1. The normalized spacial score (nSPS) is 15.1. The Balaban J connectivity index is 1.57. The van der Waals surface area contributed by atoms with Crippen molar-refractivity contribution in [2.45, 2.75) is 19.5 Å². The van der Waals surface area contributed by atoms with Crippen LogP contribution in [0.3, 0.4) is 0 Å². The molecule has 43 heavy (non-hydrogen) atoms. The quantitative estimate of drug-likeness (QED) is 0.279. The molecule has 1 fully saturated rings. The lowest BCUT2D eigenvalue weighted by Gasteiger charge is -2.34. The standard InChI is InChI=1S/C28H30Cl2N8O5/c1-14-13-43-6-5-38(14)21-9-20(19(30)10-32-21)33-22(39)12-37-11-17(15-7-16(25(31)41)24(40)18(29)8-15)23-26(37)34-28(35(2)3)36(4)27(23)42/h7-11,14,40H,5-6,12-13H2,1-4H3,(H2,31,41)(H,32,33,39)/t14-/m0/s1. The summed E-state index contributed by atoms with van der Waals surface area (Å²) in [4.78, 5) is 51.9. The van der Waals surface area contributed by atoms with Crippen LogP contribution in [-0.2, 0) is 23.1 Å². The molecule has 1 aliphatic rings. The highest BCUT2D eigenvalue weighted by molar-refractivity contribution is 6.34. The average molecular weight is 630 g/mol. The molecule has 3 aromatic heterocycles. The second-order valence-corrected chi connectivity index (χ2v) is 11.3. The molecule has 226 valence electrons. The Kier molecular flexibility index (Phi) is 8.23. The summed E-state index contributed by atoms with van der Waals surface area (Å²) >= 11 is 12.6. The zero-order valence-electron chi connectivity index (χ0n) is 23.9. The summed E-state index contributed by atoms with van der Waals surface area (Å²) in [5.41, 5.74) is 6.12. The number of hydrogen-bond donors (Lipinski definition) is 3. The van der Waals surface area contributed by atoms with E-state index in [1.54, 1.807) is 38.3 Å². The lowest BCUT2D eigenvalue weighted by Crippen LogP contribution is -2.44. The maximum absolute atomic E-state index is 13.6. The number of hydrogen-bond acceptors (Lipinski definition) is 9. The monoisotopic (exact) mass is 628 g/mol. The van der Waals surface area contributed by atoms with Crippen LogP contribution < -0.4 is 26.4 Å². The van der Waals surface area contributed by atoms with Crippen molar-refractivity contribution in [2.24, 2.45) is 12.8 Å². The Morgan fingerprint density at radius 3 is 2.65 bits per heavy atom. The maximum Gasteiger partial charge on any atom is 0.264 e. The summed E-state index contributed by atoms with van der Waals surface area (Å²) in [7, 11) is 5.06. The van der Waals surface area contributed by atoms with Gasteiger partial charge in [-0.15, -0.1) is 0 Å². The van der Waals surface area contributed by atoms with Gasteiger partial charge in [-0.2, -0.15) is 4.98 Å². The number of primary amides is 1. The van der Waals surface area contributed by atoms with Gasteiger partial charge < -0.3 is 35.3 Å². The number of nitrogens with one attached hydrogen (secondary N) is 1. The highest BCUT2D eigenvalue weighted by Crippen LogP contribution is 2.36. The molecular formula is C28H30Cl2N8O5. The van der Waals surface area contributed by atoms with Crippen LogP contribution in [0.5, 0.6) is 5.75 Å². The number of pyridine rings is 1. The third kappa shape index (κ3) is 5.70. The van der Waals surface area contributed by atoms with Crippen molar-refractivity contribution >= 4 is 63.5 Å². The molecule has 5 rings (SSSR count). The first kappa shape index (κ1) is 30.1. The fourth-order valence-electron chi connectivity index (χ4n) is 5.08. The number of carbonyl (C=O) groups excluding carboxylic acids is 2. The van der Waals surface area contributed by atoms with Crippen molar-refractivity contribution in [3.8, 4) is 16.9 Å². The number of aromatic nitrogens is 4. The van der Waals surface area contributed by atoms with Crippen molar-refractivity contribution in [1.82, 2.24) is 19.1 Å². The van der Waals surface area contributed by atoms with Crippen LogP contribution in [0.1, 0.15) is 17.3 Å². The number of aromatic hydroxyl groups is 1. The van der Waals surface area contributed by atoms with Crippen LogP contribution >= 0.6 is 23.2 Å². The molecule has 1 atom stereocenters. The molecule has 2 amide bonds. The first-order valence-corrected chi connectivity index (χ1v) is 14.0. The molecule has 0 bridgehead atoms. The maximum atomic E-state index is 13.6. The van der Waals surface area contributed by atoms with Gasteiger partial charge in [0.1, 0.15) is 18.1 Å². The number of benzene rings is 1. The molecule has 0 spiro atoms. The van der Waals surface area contributed by atoms with E-state index in [1.165, 1.54) is 27.5 Å². The molecule has 15 heteroatoms. The third-order valence-corrected chi connectivity index (χ3v) is 7.79. The van der Waals surface area contributed by atoms with Crippen LogP contribution in [0.25, 0.3) is 22.2 Å². The molecule has 13 nitrogen and oxygen atoms in total. The average Bonchev–Trinajstić information content (AvgIpc) is 3.31. The van der Waals surface area contributed by atoms with Gasteiger partial charge in [0, 0.05) is 45.5 Å². The number of nitrogens with zero attached hydrogens (tertiary/aromatic N) is 6. The zero-order chi connectivity index (χ0) is 31.2. The first-order valence-electron chi connectivity index (χ1n) is 13.3. The van der Waals surface area contributed by atoms with Crippen molar-refractivity contribution < 1.29 is 19.4 Å². The SMILES string of the molecule is C[C@H]1COCCN1c1cc(NC(=O)Cn2cc(-c3cc(Cl)c(O)c(C(N)=O)c3)c3c(=O)n(C)c(N(C)C)nc32)c(Cl)cn1. The van der Waals surface area contributed by atoms with Gasteiger partial charge in [-0.25, -0.2) is 4.98 Å². The zero-order valence-corrected chi connectivity index (χ0v) is 25.4. The van der Waals surface area contributed by atoms with Crippen LogP contribution in [0.4, 0.5) is 17.5 Å². The second kappa shape index (κ2) is 11.7. The van der Waals surface area contributed by atoms with E-state index in [1.807, 2.05) is 6.92 Å². The van der Waals surface area contributed by atoms with E-state index in [0.29, 0.717) is 48.3 Å². The Morgan fingerprint density at radius 2 is 1.98 bits per heavy atom. The number of morpholine rings is 1. The molecule has 1 aliphatic heterocycles. The van der Waals surface area contributed by atoms with E-state index in [2.05, 4.69) is 20.2 Å². The van der Waals surface area contributed by atoms with Gasteiger partial charge in [-0.3, -0.25) is 19.0 Å². The fourth-order valence-corrected chi connectivity index (χ4v) is 5.45. The second-order valence-electron chi connectivity index (χ2n) is 10.4. The van der Waals surface area contributed by atoms with E-state index in [-0.39, 0.29) is 39.2 Å². The summed E-state index contributed by atoms with van der Waals surface area (Å²) in [5.74, 6) is -0.799. The molecule has 0 aliphatic carbocycles. The van der Waals surface area contributed by atoms with Gasteiger partial charge in [0.25, 0.3) is 11.5 Å². The molecule has 4 heterocycles. The molecule has 0 unspecified atom stereocenters. The van der Waals surface area contributed by atoms with Crippen molar-refractivity contribution in [3.63, 3.8) is 0 Å². The first-order chi connectivity index (χ1) is 20.4. The minimum Gasteiger partial charge on any atom is -0.506 e. The molecule has 0 radical (unpaired) electrons. The Bertz CT molecular complexity index is 1820. The molecule has 1 aromatic carbocycles. The largest absolute Gasteiger partial charge is 0.506 e. The number of fused-ring (bicyclic) bond motifs is 1. The summed E-state index contributed by atoms with van der Waals surface area (Å²) in [6.45, 7) is 3.56. The molecule has 0 saturated carbocycles. The van der Waals surface area contributed by atoms with Gasteiger partial charge >= 0.3 is 0 Å². The van der Waals surface area contributed by atoms with Crippen molar-refractivity contribution in [2.75, 3.05) is 49.0 Å². The smallest absolute Gasteiger partial charge is 0.264 e. The van der Waals surface area contributed by atoms with Crippen LogP contribution in [0, 0.1) is 0 Å². The Hall–Kier alpha value is -4.33. The summed E-state index contributed by atoms with van der Waals surface area (Å²) in [6.07, 6.45) is 3.05. The number of phenols is 1. The fraction of sp³-hybridized carbons (Fsp3) is 0.321. The number of anilines is 3. The third-order valence-electron chi connectivity index (χ3n) is 7.21. The van der Waals surface area contributed by atoms with Gasteiger partial charge in [0.05, 0.1) is 52.1 Å². The van der Waals surface area contributed by atoms with Crippen molar-refractivity contribution in [1.29, 1.82) is 0 Å². The van der Waals surface area contributed by atoms with E-state index in [0.717, 1.165) is 0 Å². The molecule has 4 aromatic rings. The predicted molar refractivity (Wildman–Crippen MR) is 165 cm³/mol. The molecule has 4 N–H and O–H groups in total. The molecule has 1 saturated heterocycles. The summed E-state index contributed by atoms with van der Waals surface area (Å²) < 4.78 is 8.41. The Morgan fingerprint density at radius 1 is 1.23 bits per heavy atom.